The van der Waals surface area contributed by atoms with Gasteiger partial charge in [0.2, 0.25) is 5.88 Å². The number of carboxylic acids is 1. The van der Waals surface area contributed by atoms with Crippen molar-refractivity contribution >= 4 is 23.8 Å². The SMILES string of the molecule is CCOc1cc(C=C2CCN(C(=O)Nc3cccnc3)CC2)cc(Oc2ccc(C(F)(F)F)cn2)c1.O=C(O)C(F)(F)F. The summed E-state index contributed by atoms with van der Waals surface area (Å²) in [7, 11) is 0. The van der Waals surface area contributed by atoms with Crippen LogP contribution in [-0.2, 0) is 11.0 Å². The van der Waals surface area contributed by atoms with Gasteiger partial charge in [-0.25, -0.2) is 14.6 Å². The monoisotopic (exact) mass is 612 g/mol. The molecule has 0 aliphatic carbocycles. The summed E-state index contributed by atoms with van der Waals surface area (Å²) in [6.07, 6.45) is -2.14. The Morgan fingerprint density at radius 1 is 1.02 bits per heavy atom. The second kappa shape index (κ2) is 14.4. The molecule has 1 saturated heterocycles. The van der Waals surface area contributed by atoms with Gasteiger partial charge in [0.15, 0.2) is 0 Å². The smallest absolute Gasteiger partial charge is 0.490 e. The first-order valence-corrected chi connectivity index (χ1v) is 12.7. The highest BCUT2D eigenvalue weighted by Gasteiger charge is 2.38. The van der Waals surface area contributed by atoms with Crippen LogP contribution in [0.2, 0.25) is 0 Å². The Balaban J connectivity index is 0.000000646. The number of pyridine rings is 2. The van der Waals surface area contributed by atoms with E-state index in [1.54, 1.807) is 41.6 Å². The standard InChI is InChI=1S/C26H25F3N4O3.C2HF3O2/c1-2-35-22-13-19(14-23(15-22)36-24-6-5-20(16-31-24)26(27,28)29)12-18-7-10-33(11-8-18)25(34)32-21-4-3-9-30-17-21;3-2(4,5)1(6)7/h3-6,9,12-17H,2,7-8,10-11H2,1H3,(H,32,34);(H,6,7). The first-order chi connectivity index (χ1) is 20.2. The number of urea groups is 1. The fourth-order valence-electron chi connectivity index (χ4n) is 3.73. The van der Waals surface area contributed by atoms with E-state index in [0.29, 0.717) is 49.7 Å². The highest BCUT2D eigenvalue weighted by molar-refractivity contribution is 5.89. The van der Waals surface area contributed by atoms with Crippen molar-refractivity contribution in [2.24, 2.45) is 0 Å². The van der Waals surface area contributed by atoms with Crippen LogP contribution in [0.1, 0.15) is 30.9 Å². The van der Waals surface area contributed by atoms with Crippen molar-refractivity contribution in [3.8, 4) is 17.4 Å². The normalized spacial score (nSPS) is 13.4. The summed E-state index contributed by atoms with van der Waals surface area (Å²) >= 11 is 0. The van der Waals surface area contributed by atoms with Crippen LogP contribution in [0.3, 0.4) is 0 Å². The van der Waals surface area contributed by atoms with Gasteiger partial charge in [0, 0.05) is 37.6 Å². The molecule has 0 saturated carbocycles. The molecule has 0 unspecified atom stereocenters. The van der Waals surface area contributed by atoms with Gasteiger partial charge in [-0.1, -0.05) is 11.6 Å². The van der Waals surface area contributed by atoms with E-state index in [-0.39, 0.29) is 11.9 Å². The molecule has 230 valence electrons. The zero-order valence-corrected chi connectivity index (χ0v) is 22.6. The molecule has 1 fully saturated rings. The van der Waals surface area contributed by atoms with Crippen LogP contribution < -0.4 is 14.8 Å². The zero-order valence-electron chi connectivity index (χ0n) is 22.6. The number of aromatic nitrogens is 2. The van der Waals surface area contributed by atoms with Crippen molar-refractivity contribution in [2.45, 2.75) is 32.1 Å². The number of carbonyl (C=O) groups is 2. The number of amides is 2. The predicted octanol–water partition coefficient (Wildman–Crippen LogP) is 7.03. The van der Waals surface area contributed by atoms with Crippen molar-refractivity contribution in [3.05, 3.63) is 77.8 Å². The van der Waals surface area contributed by atoms with Gasteiger partial charge in [-0.2, -0.15) is 26.3 Å². The molecule has 2 amide bonds. The van der Waals surface area contributed by atoms with Gasteiger partial charge in [0.05, 0.1) is 24.1 Å². The third kappa shape index (κ3) is 10.5. The van der Waals surface area contributed by atoms with E-state index in [0.717, 1.165) is 23.4 Å². The maximum absolute atomic E-state index is 12.8. The summed E-state index contributed by atoms with van der Waals surface area (Å²) < 4.78 is 81.5. The average Bonchev–Trinajstić information content (AvgIpc) is 2.94. The Morgan fingerprint density at radius 3 is 2.23 bits per heavy atom. The molecule has 9 nitrogen and oxygen atoms in total. The number of hydrogen-bond donors (Lipinski definition) is 2. The molecule has 0 radical (unpaired) electrons. The minimum atomic E-state index is -5.08. The number of carboxylic acid groups (broad SMARTS) is 1. The van der Waals surface area contributed by atoms with Gasteiger partial charge >= 0.3 is 24.4 Å². The lowest BCUT2D eigenvalue weighted by Gasteiger charge is -2.28. The highest BCUT2D eigenvalue weighted by Crippen LogP contribution is 2.32. The van der Waals surface area contributed by atoms with Crippen LogP contribution in [0.4, 0.5) is 36.8 Å². The number of anilines is 1. The first kappa shape index (κ1) is 32.7. The summed E-state index contributed by atoms with van der Waals surface area (Å²) in [5, 5.41) is 9.97. The number of benzene rings is 1. The van der Waals surface area contributed by atoms with Crippen LogP contribution in [0, 0.1) is 0 Å². The Hall–Kier alpha value is -4.82. The molecular formula is C28H26F6N4O5. The molecule has 2 N–H and O–H groups in total. The number of alkyl halides is 6. The predicted molar refractivity (Wildman–Crippen MR) is 143 cm³/mol. The highest BCUT2D eigenvalue weighted by atomic mass is 19.4. The van der Waals surface area contributed by atoms with Crippen molar-refractivity contribution in [3.63, 3.8) is 0 Å². The number of carbonyl (C=O) groups excluding carboxylic acids is 1. The summed E-state index contributed by atoms with van der Waals surface area (Å²) in [5.41, 5.74) is 1.79. The number of aliphatic carboxylic acids is 1. The topological polar surface area (TPSA) is 114 Å². The second-order valence-corrected chi connectivity index (χ2v) is 8.92. The summed E-state index contributed by atoms with van der Waals surface area (Å²) in [5.74, 6) is -1.74. The van der Waals surface area contributed by atoms with Gasteiger partial charge in [0.1, 0.15) is 11.5 Å². The molecule has 0 spiro atoms. The minimum absolute atomic E-state index is 0.0446. The largest absolute Gasteiger partial charge is 0.494 e. The van der Waals surface area contributed by atoms with Gasteiger partial charge in [0.25, 0.3) is 0 Å². The van der Waals surface area contributed by atoms with E-state index < -0.39 is 23.9 Å². The maximum atomic E-state index is 12.8. The molecule has 1 aliphatic heterocycles. The van der Waals surface area contributed by atoms with Crippen LogP contribution in [-0.4, -0.2) is 57.8 Å². The summed E-state index contributed by atoms with van der Waals surface area (Å²) in [6, 6.07) is 10.8. The van der Waals surface area contributed by atoms with Gasteiger partial charge in [-0.05, 0) is 55.7 Å². The van der Waals surface area contributed by atoms with Gasteiger partial charge in [-0.15, -0.1) is 0 Å². The molecule has 0 bridgehead atoms. The van der Waals surface area contributed by atoms with E-state index in [2.05, 4.69) is 15.3 Å². The molecular weight excluding hydrogens is 586 g/mol. The summed E-state index contributed by atoms with van der Waals surface area (Å²) in [4.78, 5) is 30.9. The summed E-state index contributed by atoms with van der Waals surface area (Å²) in [6.45, 7) is 3.44. The molecule has 2 aromatic heterocycles. The molecule has 15 heteroatoms. The average molecular weight is 613 g/mol. The molecule has 43 heavy (non-hydrogen) atoms. The number of nitrogens with zero attached hydrogens (tertiary/aromatic N) is 3. The van der Waals surface area contributed by atoms with E-state index in [9.17, 15) is 31.1 Å². The molecule has 4 rings (SSSR count). The van der Waals surface area contributed by atoms with E-state index in [1.165, 1.54) is 6.07 Å². The number of hydrogen-bond acceptors (Lipinski definition) is 6. The van der Waals surface area contributed by atoms with Crippen molar-refractivity contribution in [2.75, 3.05) is 25.0 Å². The number of rotatable bonds is 6. The number of piperidine rings is 1. The fourth-order valence-corrected chi connectivity index (χ4v) is 3.73. The Kier molecular flexibility index (Phi) is 10.9. The quantitative estimate of drug-likeness (QED) is 0.287. The van der Waals surface area contributed by atoms with Gasteiger partial charge in [-0.3, -0.25) is 4.98 Å². The van der Waals surface area contributed by atoms with Crippen LogP contribution in [0.15, 0.2) is 66.6 Å². The lowest BCUT2D eigenvalue weighted by molar-refractivity contribution is -0.192. The minimum Gasteiger partial charge on any atom is -0.494 e. The molecule has 3 heterocycles. The number of halogens is 6. The Labute approximate surface area is 241 Å². The number of ether oxygens (including phenoxy) is 2. The van der Waals surface area contributed by atoms with Crippen LogP contribution in [0.25, 0.3) is 6.08 Å². The van der Waals surface area contributed by atoms with Crippen LogP contribution >= 0.6 is 0 Å². The van der Waals surface area contributed by atoms with Gasteiger partial charge < -0.3 is 24.8 Å². The van der Waals surface area contributed by atoms with Crippen molar-refractivity contribution < 1.29 is 50.5 Å². The van der Waals surface area contributed by atoms with Crippen molar-refractivity contribution in [1.29, 1.82) is 0 Å². The zero-order chi connectivity index (χ0) is 31.6. The number of nitrogens with one attached hydrogen (secondary N) is 1. The first-order valence-electron chi connectivity index (χ1n) is 12.7. The lowest BCUT2D eigenvalue weighted by atomic mass is 10.0. The Bertz CT molecular complexity index is 1400. The second-order valence-electron chi connectivity index (χ2n) is 8.92. The van der Waals surface area contributed by atoms with E-state index in [1.807, 2.05) is 19.1 Å². The van der Waals surface area contributed by atoms with Crippen molar-refractivity contribution in [1.82, 2.24) is 14.9 Å². The lowest BCUT2D eigenvalue weighted by Crippen LogP contribution is -2.39. The third-order valence-electron chi connectivity index (χ3n) is 5.72. The third-order valence-corrected chi connectivity index (χ3v) is 5.72. The molecule has 3 aromatic rings. The number of likely N-dealkylation sites (tertiary alicyclic amines) is 1. The molecule has 1 aromatic carbocycles. The maximum Gasteiger partial charge on any atom is 0.490 e. The molecule has 1 aliphatic rings. The fraction of sp³-hybridized carbons (Fsp3) is 0.286. The van der Waals surface area contributed by atoms with E-state index in [4.69, 9.17) is 19.4 Å². The van der Waals surface area contributed by atoms with Crippen LogP contribution in [0.5, 0.6) is 17.4 Å². The Morgan fingerprint density at radius 2 is 1.70 bits per heavy atom. The molecule has 0 atom stereocenters. The van der Waals surface area contributed by atoms with E-state index >= 15 is 0 Å².